The highest BCUT2D eigenvalue weighted by Crippen LogP contribution is 2.28. The Balaban J connectivity index is 1.74. The number of nitrogens with zero attached hydrogens (tertiary/aromatic N) is 1. The fourth-order valence-electron chi connectivity index (χ4n) is 3.15. The number of ether oxygens (including phenoxy) is 1. The first-order valence-electron chi connectivity index (χ1n) is 8.67. The molecule has 0 radical (unpaired) electrons. The minimum atomic E-state index is -0.530. The molecule has 2 heterocycles. The molecule has 1 atom stereocenters. The third-order valence-electron chi connectivity index (χ3n) is 4.52. The van der Waals surface area contributed by atoms with Crippen molar-refractivity contribution in [1.29, 1.82) is 0 Å². The topological polar surface area (TPSA) is 67.0 Å². The van der Waals surface area contributed by atoms with Crippen molar-refractivity contribution in [3.63, 3.8) is 0 Å². The van der Waals surface area contributed by atoms with Gasteiger partial charge in [-0.25, -0.2) is 0 Å². The van der Waals surface area contributed by atoms with E-state index in [0.717, 1.165) is 27.9 Å². The normalized spacial score (nSPS) is 11.9. The number of carbonyl (C=O) groups is 1. The molecule has 0 fully saturated rings. The summed E-state index contributed by atoms with van der Waals surface area (Å²) in [5, 5.41) is 4.17. The quantitative estimate of drug-likeness (QED) is 0.495. The van der Waals surface area contributed by atoms with Gasteiger partial charge in [-0.3, -0.25) is 9.78 Å². The number of hydrogen-bond acceptors (Lipinski definition) is 4. The van der Waals surface area contributed by atoms with Crippen molar-refractivity contribution in [2.24, 2.45) is 0 Å². The average molecular weight is 357 g/mol. The summed E-state index contributed by atoms with van der Waals surface area (Å²) < 4.78 is 5.29. The number of aromatic nitrogens is 2. The van der Waals surface area contributed by atoms with Crippen LogP contribution in [0.15, 0.2) is 79.3 Å². The molecule has 0 amide bonds. The van der Waals surface area contributed by atoms with E-state index >= 15 is 0 Å². The minimum Gasteiger partial charge on any atom is -0.497 e. The van der Waals surface area contributed by atoms with Crippen molar-refractivity contribution in [2.45, 2.75) is 6.04 Å². The first-order chi connectivity index (χ1) is 13.3. The summed E-state index contributed by atoms with van der Waals surface area (Å²) in [6.45, 7) is 0. The molecule has 0 saturated carbocycles. The molecule has 2 N–H and O–H groups in total. The van der Waals surface area contributed by atoms with E-state index in [1.807, 2.05) is 60.7 Å². The van der Waals surface area contributed by atoms with Crippen LogP contribution in [-0.4, -0.2) is 22.9 Å². The van der Waals surface area contributed by atoms with Gasteiger partial charge in [0.15, 0.2) is 5.78 Å². The zero-order chi connectivity index (χ0) is 18.6. The van der Waals surface area contributed by atoms with Crippen LogP contribution in [-0.2, 0) is 0 Å². The maximum absolute atomic E-state index is 13.4. The molecule has 2 aromatic carbocycles. The lowest BCUT2D eigenvalue weighted by atomic mass is 9.97. The molecule has 0 aliphatic rings. The number of ketones is 1. The smallest absolute Gasteiger partial charge is 0.191 e. The summed E-state index contributed by atoms with van der Waals surface area (Å²) in [5.74, 6) is 0.707. The number of methoxy groups -OCH3 is 1. The number of carbonyl (C=O) groups excluding carboxylic acids is 1. The van der Waals surface area contributed by atoms with E-state index in [9.17, 15) is 4.79 Å². The van der Waals surface area contributed by atoms with Crippen molar-refractivity contribution >= 4 is 22.4 Å². The lowest BCUT2D eigenvalue weighted by molar-refractivity contribution is 0.0971. The number of nitrogens with one attached hydrogen (secondary N) is 2. The lowest BCUT2D eigenvalue weighted by Gasteiger charge is -2.19. The number of rotatable bonds is 6. The monoisotopic (exact) mass is 357 g/mol. The highest BCUT2D eigenvalue weighted by Gasteiger charge is 2.24. The van der Waals surface area contributed by atoms with Gasteiger partial charge in [-0.2, -0.15) is 0 Å². The highest BCUT2D eigenvalue weighted by atomic mass is 16.5. The number of Topliss-reactive ketones (excluding diaryl/α,β-unsaturated/α-hetero) is 1. The van der Waals surface area contributed by atoms with Crippen molar-refractivity contribution in [2.75, 3.05) is 12.4 Å². The lowest BCUT2D eigenvalue weighted by Crippen LogP contribution is -2.21. The number of hydrogen-bond donors (Lipinski definition) is 2. The first-order valence-corrected chi connectivity index (χ1v) is 8.67. The Morgan fingerprint density at radius 1 is 1.11 bits per heavy atom. The molecular formula is C22H19N3O2. The number of H-pyrrole nitrogens is 1. The van der Waals surface area contributed by atoms with Crippen molar-refractivity contribution in [3.05, 3.63) is 90.4 Å². The summed E-state index contributed by atoms with van der Waals surface area (Å²) in [5.41, 5.74) is 3.21. The highest BCUT2D eigenvalue weighted by molar-refractivity contribution is 6.11. The number of pyridine rings is 1. The molecule has 0 bridgehead atoms. The Kier molecular flexibility index (Phi) is 4.58. The predicted octanol–water partition coefficient (Wildman–Crippen LogP) is 4.61. The Bertz CT molecular complexity index is 1070. The SMILES string of the molecule is COc1cccc(NC(C(=O)c2c[nH]c3ccncc23)c2ccccc2)c1. The Morgan fingerprint density at radius 2 is 1.96 bits per heavy atom. The molecule has 0 aliphatic carbocycles. The summed E-state index contributed by atoms with van der Waals surface area (Å²) >= 11 is 0. The minimum absolute atomic E-state index is 0.0248. The predicted molar refractivity (Wildman–Crippen MR) is 106 cm³/mol. The van der Waals surface area contributed by atoms with Gasteiger partial charge >= 0.3 is 0 Å². The average Bonchev–Trinajstić information content (AvgIpc) is 3.16. The van der Waals surface area contributed by atoms with Gasteiger partial charge in [0.05, 0.1) is 7.11 Å². The van der Waals surface area contributed by atoms with E-state index < -0.39 is 6.04 Å². The van der Waals surface area contributed by atoms with Gasteiger partial charge in [0.25, 0.3) is 0 Å². The summed E-state index contributed by atoms with van der Waals surface area (Å²) in [4.78, 5) is 20.7. The number of aromatic amines is 1. The van der Waals surface area contributed by atoms with E-state index in [-0.39, 0.29) is 5.78 Å². The second-order valence-corrected chi connectivity index (χ2v) is 6.21. The van der Waals surface area contributed by atoms with Crippen LogP contribution in [0.1, 0.15) is 22.0 Å². The molecule has 27 heavy (non-hydrogen) atoms. The Labute approximate surface area is 157 Å². The second-order valence-electron chi connectivity index (χ2n) is 6.21. The van der Waals surface area contributed by atoms with E-state index in [0.29, 0.717) is 5.56 Å². The molecule has 2 aromatic heterocycles. The number of anilines is 1. The third kappa shape index (κ3) is 3.40. The molecular weight excluding hydrogens is 338 g/mol. The van der Waals surface area contributed by atoms with Gasteiger partial charge in [-0.05, 0) is 23.8 Å². The van der Waals surface area contributed by atoms with Gasteiger partial charge in [-0.1, -0.05) is 36.4 Å². The zero-order valence-corrected chi connectivity index (χ0v) is 14.8. The molecule has 0 aliphatic heterocycles. The summed E-state index contributed by atoms with van der Waals surface area (Å²) in [7, 11) is 1.62. The van der Waals surface area contributed by atoms with E-state index in [4.69, 9.17) is 4.74 Å². The largest absolute Gasteiger partial charge is 0.497 e. The van der Waals surface area contributed by atoms with Crippen LogP contribution in [0.3, 0.4) is 0 Å². The number of benzene rings is 2. The standard InChI is InChI=1S/C22H19N3O2/c1-27-17-9-5-8-16(12-17)25-21(15-6-3-2-4-7-15)22(26)19-14-24-20-10-11-23-13-18(19)20/h2-14,21,24-25H,1H3. The van der Waals surface area contributed by atoms with Crippen LogP contribution in [0, 0.1) is 0 Å². The molecule has 5 heteroatoms. The molecule has 1 unspecified atom stereocenters. The first kappa shape index (κ1) is 16.8. The molecule has 5 nitrogen and oxygen atoms in total. The molecule has 0 saturated heterocycles. The maximum Gasteiger partial charge on any atom is 0.191 e. The maximum atomic E-state index is 13.4. The van der Waals surface area contributed by atoms with Crippen LogP contribution < -0.4 is 10.1 Å². The van der Waals surface area contributed by atoms with Crippen LogP contribution in [0.2, 0.25) is 0 Å². The molecule has 0 spiro atoms. The van der Waals surface area contributed by atoms with Crippen LogP contribution in [0.25, 0.3) is 10.9 Å². The molecule has 4 rings (SSSR count). The fraction of sp³-hybridized carbons (Fsp3) is 0.0909. The van der Waals surface area contributed by atoms with E-state index in [1.165, 1.54) is 0 Å². The Hall–Kier alpha value is -3.60. The molecule has 134 valence electrons. The fourth-order valence-corrected chi connectivity index (χ4v) is 3.15. The molecule has 4 aromatic rings. The Morgan fingerprint density at radius 3 is 2.78 bits per heavy atom. The van der Waals surface area contributed by atoms with Crippen molar-refractivity contribution in [1.82, 2.24) is 9.97 Å². The van der Waals surface area contributed by atoms with Crippen LogP contribution in [0.4, 0.5) is 5.69 Å². The summed E-state index contributed by atoms with van der Waals surface area (Å²) in [6.07, 6.45) is 5.17. The van der Waals surface area contributed by atoms with Crippen molar-refractivity contribution < 1.29 is 9.53 Å². The van der Waals surface area contributed by atoms with Gasteiger partial charge in [0, 0.05) is 46.8 Å². The zero-order valence-electron chi connectivity index (χ0n) is 14.8. The van der Waals surface area contributed by atoms with Gasteiger partial charge in [-0.15, -0.1) is 0 Å². The van der Waals surface area contributed by atoms with E-state index in [1.54, 1.807) is 25.7 Å². The van der Waals surface area contributed by atoms with E-state index in [2.05, 4.69) is 15.3 Å². The van der Waals surface area contributed by atoms with Gasteiger partial charge in [0.1, 0.15) is 11.8 Å². The van der Waals surface area contributed by atoms with Crippen LogP contribution >= 0.6 is 0 Å². The third-order valence-corrected chi connectivity index (χ3v) is 4.52. The number of fused-ring (bicyclic) bond motifs is 1. The van der Waals surface area contributed by atoms with Gasteiger partial charge in [0.2, 0.25) is 0 Å². The van der Waals surface area contributed by atoms with Crippen molar-refractivity contribution in [3.8, 4) is 5.75 Å². The second kappa shape index (κ2) is 7.33. The van der Waals surface area contributed by atoms with Gasteiger partial charge < -0.3 is 15.0 Å². The van der Waals surface area contributed by atoms with Crippen LogP contribution in [0.5, 0.6) is 5.75 Å². The summed E-state index contributed by atoms with van der Waals surface area (Å²) in [6, 6.07) is 18.6.